The molecule has 24 heavy (non-hydrogen) atoms. The summed E-state index contributed by atoms with van der Waals surface area (Å²) in [7, 11) is 0. The molecule has 0 fully saturated rings. The Morgan fingerprint density at radius 2 is 1.88 bits per heavy atom. The summed E-state index contributed by atoms with van der Waals surface area (Å²) in [4.78, 5) is 5.49. The van der Waals surface area contributed by atoms with Crippen LogP contribution >= 0.6 is 11.8 Å². The molecule has 0 saturated carbocycles. The van der Waals surface area contributed by atoms with Gasteiger partial charge >= 0.3 is 0 Å². The summed E-state index contributed by atoms with van der Waals surface area (Å²) in [6.07, 6.45) is 0. The fourth-order valence-electron chi connectivity index (χ4n) is 2.19. The van der Waals surface area contributed by atoms with Crippen LogP contribution in [0, 0.1) is 18.3 Å². The molecule has 3 rings (SSSR count). The van der Waals surface area contributed by atoms with Crippen molar-refractivity contribution in [2.75, 3.05) is 17.6 Å². The Morgan fingerprint density at radius 1 is 1.12 bits per heavy atom. The third-order valence-electron chi connectivity index (χ3n) is 3.43. The highest BCUT2D eigenvalue weighted by Gasteiger charge is 2.13. The summed E-state index contributed by atoms with van der Waals surface area (Å²) in [5, 5.41) is 12.4. The van der Waals surface area contributed by atoms with Crippen LogP contribution in [0.3, 0.4) is 0 Å². The molecule has 0 amide bonds. The Morgan fingerprint density at radius 3 is 2.58 bits per heavy atom. The Hall–Kier alpha value is -2.71. The van der Waals surface area contributed by atoms with Crippen molar-refractivity contribution in [1.82, 2.24) is 4.98 Å². The molecule has 0 saturated heterocycles. The largest absolute Gasteiger partial charge is 0.419 e. The SMILES string of the molecule is Cc1ccc(-c2nc(C#N)c(NCCSc3ccccc3)o2)cc1. The van der Waals surface area contributed by atoms with E-state index in [9.17, 15) is 5.26 Å². The van der Waals surface area contributed by atoms with Crippen molar-refractivity contribution in [1.29, 1.82) is 5.26 Å². The van der Waals surface area contributed by atoms with E-state index < -0.39 is 0 Å². The van der Waals surface area contributed by atoms with Gasteiger partial charge < -0.3 is 9.73 Å². The van der Waals surface area contributed by atoms with Crippen molar-refractivity contribution in [2.45, 2.75) is 11.8 Å². The standard InChI is InChI=1S/C19H17N3OS/c1-14-7-9-15(10-8-14)18-22-17(13-20)19(23-18)21-11-12-24-16-5-3-2-4-6-16/h2-10,21H,11-12H2,1H3. The molecule has 4 nitrogen and oxygen atoms in total. The minimum absolute atomic E-state index is 0.287. The Bertz CT molecular complexity index is 835. The van der Waals surface area contributed by atoms with Crippen molar-refractivity contribution in [3.63, 3.8) is 0 Å². The molecule has 1 aromatic heterocycles. The van der Waals surface area contributed by atoms with Gasteiger partial charge in [0.25, 0.3) is 0 Å². The van der Waals surface area contributed by atoms with E-state index in [4.69, 9.17) is 4.42 Å². The van der Waals surface area contributed by atoms with Gasteiger partial charge in [0.2, 0.25) is 17.5 Å². The lowest BCUT2D eigenvalue weighted by Gasteiger charge is -2.03. The second-order valence-electron chi connectivity index (χ2n) is 5.26. The van der Waals surface area contributed by atoms with Crippen LogP contribution < -0.4 is 5.32 Å². The molecule has 0 bridgehead atoms. The van der Waals surface area contributed by atoms with Crippen molar-refractivity contribution in [3.8, 4) is 17.5 Å². The molecule has 3 aromatic rings. The molecular formula is C19H17N3OS. The molecule has 1 N–H and O–H groups in total. The lowest BCUT2D eigenvalue weighted by Crippen LogP contribution is -2.04. The fourth-order valence-corrected chi connectivity index (χ4v) is 2.97. The topological polar surface area (TPSA) is 61.9 Å². The molecule has 2 aromatic carbocycles. The summed E-state index contributed by atoms with van der Waals surface area (Å²) in [5.41, 5.74) is 2.32. The van der Waals surface area contributed by atoms with Gasteiger partial charge in [0.05, 0.1) is 0 Å². The number of hydrogen-bond donors (Lipinski definition) is 1. The molecule has 0 aliphatic heterocycles. The van der Waals surface area contributed by atoms with E-state index in [1.807, 2.05) is 49.4 Å². The zero-order chi connectivity index (χ0) is 16.8. The summed E-state index contributed by atoms with van der Waals surface area (Å²) in [6.45, 7) is 2.72. The molecule has 0 aliphatic carbocycles. The number of rotatable bonds is 6. The van der Waals surface area contributed by atoms with Gasteiger partial charge in [-0.05, 0) is 31.2 Å². The molecule has 5 heteroatoms. The second kappa shape index (κ2) is 7.71. The first-order chi connectivity index (χ1) is 11.8. The number of nitrogens with zero attached hydrogens (tertiary/aromatic N) is 2. The second-order valence-corrected chi connectivity index (χ2v) is 6.43. The van der Waals surface area contributed by atoms with Crippen LogP contribution in [0.4, 0.5) is 5.88 Å². The number of anilines is 1. The van der Waals surface area contributed by atoms with Crippen molar-refractivity contribution in [3.05, 3.63) is 65.9 Å². The maximum Gasteiger partial charge on any atom is 0.232 e. The maximum atomic E-state index is 9.24. The first-order valence-corrected chi connectivity index (χ1v) is 8.64. The van der Waals surface area contributed by atoms with E-state index in [2.05, 4.69) is 28.5 Å². The van der Waals surface area contributed by atoms with Gasteiger partial charge in [-0.1, -0.05) is 35.9 Å². The number of aromatic nitrogens is 1. The van der Waals surface area contributed by atoms with Crippen LogP contribution in [0.5, 0.6) is 0 Å². The average Bonchev–Trinajstić information content (AvgIpc) is 3.03. The van der Waals surface area contributed by atoms with Crippen LogP contribution in [0.2, 0.25) is 0 Å². The third-order valence-corrected chi connectivity index (χ3v) is 4.44. The summed E-state index contributed by atoms with van der Waals surface area (Å²) < 4.78 is 5.73. The van der Waals surface area contributed by atoms with Crippen LogP contribution in [-0.2, 0) is 0 Å². The number of benzene rings is 2. The molecule has 0 atom stereocenters. The zero-order valence-corrected chi connectivity index (χ0v) is 14.1. The summed E-state index contributed by atoms with van der Waals surface area (Å²) >= 11 is 1.75. The van der Waals surface area contributed by atoms with Gasteiger partial charge in [0.15, 0.2) is 0 Å². The Kier molecular flexibility index (Phi) is 5.19. The highest BCUT2D eigenvalue weighted by Crippen LogP contribution is 2.25. The van der Waals surface area contributed by atoms with Crippen LogP contribution in [0.15, 0.2) is 63.9 Å². The van der Waals surface area contributed by atoms with E-state index in [0.717, 1.165) is 11.3 Å². The first-order valence-electron chi connectivity index (χ1n) is 7.66. The van der Waals surface area contributed by atoms with Crippen LogP contribution in [0.1, 0.15) is 11.3 Å². The summed E-state index contributed by atoms with van der Waals surface area (Å²) in [6, 6.07) is 20.2. The van der Waals surface area contributed by atoms with Crippen LogP contribution in [0.25, 0.3) is 11.5 Å². The van der Waals surface area contributed by atoms with Crippen molar-refractivity contribution >= 4 is 17.6 Å². The van der Waals surface area contributed by atoms with Gasteiger partial charge in [-0.3, -0.25) is 0 Å². The fraction of sp³-hybridized carbons (Fsp3) is 0.158. The quantitative estimate of drug-likeness (QED) is 0.521. The Balaban J connectivity index is 1.63. The number of hydrogen-bond acceptors (Lipinski definition) is 5. The minimum Gasteiger partial charge on any atom is -0.419 e. The average molecular weight is 335 g/mol. The van der Waals surface area contributed by atoms with Gasteiger partial charge in [-0.2, -0.15) is 10.2 Å². The van der Waals surface area contributed by atoms with Crippen molar-refractivity contribution < 1.29 is 4.42 Å². The minimum atomic E-state index is 0.287. The first kappa shape index (κ1) is 16.2. The summed E-state index contributed by atoms with van der Waals surface area (Å²) in [5.74, 6) is 1.77. The maximum absolute atomic E-state index is 9.24. The van der Waals surface area contributed by atoms with Crippen LogP contribution in [-0.4, -0.2) is 17.3 Å². The molecule has 0 spiro atoms. The molecule has 1 heterocycles. The van der Waals surface area contributed by atoms with Gasteiger partial charge in [-0.15, -0.1) is 11.8 Å². The predicted molar refractivity (Wildman–Crippen MR) is 97.0 cm³/mol. The van der Waals surface area contributed by atoms with Gasteiger partial charge in [0, 0.05) is 22.8 Å². The van der Waals surface area contributed by atoms with E-state index >= 15 is 0 Å². The Labute approximate surface area is 145 Å². The molecular weight excluding hydrogens is 318 g/mol. The highest BCUT2D eigenvalue weighted by atomic mass is 32.2. The number of nitriles is 1. The molecule has 0 radical (unpaired) electrons. The number of nitrogens with one attached hydrogen (secondary N) is 1. The van der Waals surface area contributed by atoms with E-state index in [1.165, 1.54) is 10.5 Å². The third kappa shape index (κ3) is 3.98. The lowest BCUT2D eigenvalue weighted by atomic mass is 10.1. The van der Waals surface area contributed by atoms with Gasteiger partial charge in [0.1, 0.15) is 6.07 Å². The number of thioether (sulfide) groups is 1. The molecule has 0 unspecified atom stereocenters. The zero-order valence-electron chi connectivity index (χ0n) is 13.3. The predicted octanol–water partition coefficient (Wildman–Crippen LogP) is 4.73. The number of aryl methyl sites for hydroxylation is 1. The molecule has 120 valence electrons. The lowest BCUT2D eigenvalue weighted by molar-refractivity contribution is 0.586. The number of oxazole rings is 1. The van der Waals surface area contributed by atoms with Crippen molar-refractivity contribution in [2.24, 2.45) is 0 Å². The van der Waals surface area contributed by atoms with E-state index in [0.29, 0.717) is 18.3 Å². The van der Waals surface area contributed by atoms with E-state index in [1.54, 1.807) is 11.8 Å². The monoisotopic (exact) mass is 335 g/mol. The normalized spacial score (nSPS) is 10.3. The van der Waals surface area contributed by atoms with E-state index in [-0.39, 0.29) is 5.69 Å². The smallest absolute Gasteiger partial charge is 0.232 e. The molecule has 0 aliphatic rings. The van der Waals surface area contributed by atoms with Gasteiger partial charge in [-0.25, -0.2) is 0 Å². The highest BCUT2D eigenvalue weighted by molar-refractivity contribution is 7.99.